The van der Waals surface area contributed by atoms with E-state index in [4.69, 9.17) is 9.47 Å². The molecule has 0 spiro atoms. The Morgan fingerprint density at radius 1 is 0.727 bits per heavy atom. The van der Waals surface area contributed by atoms with E-state index in [1.807, 2.05) is 66.7 Å². The third kappa shape index (κ3) is 4.23. The van der Waals surface area contributed by atoms with Gasteiger partial charge in [-0.05, 0) is 45.3 Å². The molecule has 0 saturated heterocycles. The number of hydrogen-bond acceptors (Lipinski definition) is 3. The number of nitrogens with one attached hydrogen (secondary N) is 1. The molecule has 1 amide bonds. The van der Waals surface area contributed by atoms with E-state index >= 15 is 0 Å². The van der Waals surface area contributed by atoms with Crippen molar-refractivity contribution in [3.8, 4) is 11.5 Å². The minimum absolute atomic E-state index is 0.169. The van der Waals surface area contributed by atoms with Gasteiger partial charge < -0.3 is 14.8 Å². The largest absolute Gasteiger partial charge is 0.493 e. The Bertz CT molecular complexity index is 1450. The predicted octanol–water partition coefficient (Wildman–Crippen LogP) is 6.83. The molecule has 0 aliphatic carbocycles. The molecular formula is C29H23NO3. The lowest BCUT2D eigenvalue weighted by atomic mass is 10.0. The summed E-state index contributed by atoms with van der Waals surface area (Å²) in [7, 11) is 1.61. The summed E-state index contributed by atoms with van der Waals surface area (Å²) in [4.78, 5) is 13.0. The number of carbonyl (C=O) groups excluding carboxylic acids is 1. The lowest BCUT2D eigenvalue weighted by Crippen LogP contribution is -2.12. The van der Waals surface area contributed by atoms with Gasteiger partial charge in [-0.15, -0.1) is 0 Å². The number of methoxy groups -OCH3 is 1. The molecule has 162 valence electrons. The van der Waals surface area contributed by atoms with Gasteiger partial charge in [0.15, 0.2) is 11.5 Å². The van der Waals surface area contributed by atoms with Crippen molar-refractivity contribution < 1.29 is 14.3 Å². The molecule has 0 fully saturated rings. The molecular weight excluding hydrogens is 410 g/mol. The quantitative estimate of drug-likeness (QED) is 0.319. The molecule has 0 heterocycles. The second-order valence-corrected chi connectivity index (χ2v) is 7.77. The first-order valence-corrected chi connectivity index (χ1v) is 10.8. The van der Waals surface area contributed by atoms with Gasteiger partial charge >= 0.3 is 0 Å². The van der Waals surface area contributed by atoms with Gasteiger partial charge in [0.25, 0.3) is 5.91 Å². The van der Waals surface area contributed by atoms with Crippen molar-refractivity contribution >= 4 is 33.1 Å². The number of fused-ring (bicyclic) bond motifs is 2. The second kappa shape index (κ2) is 9.05. The molecule has 0 bridgehead atoms. The van der Waals surface area contributed by atoms with E-state index in [0.717, 1.165) is 21.7 Å². The number of carbonyl (C=O) groups is 1. The summed E-state index contributed by atoms with van der Waals surface area (Å²) in [6.07, 6.45) is 0. The zero-order valence-corrected chi connectivity index (χ0v) is 18.2. The van der Waals surface area contributed by atoms with Crippen LogP contribution in [0.3, 0.4) is 0 Å². The van der Waals surface area contributed by atoms with Gasteiger partial charge in [0.1, 0.15) is 6.61 Å². The molecule has 5 aromatic rings. The van der Waals surface area contributed by atoms with Crippen LogP contribution < -0.4 is 14.8 Å². The molecule has 5 rings (SSSR count). The highest BCUT2D eigenvalue weighted by molar-refractivity contribution is 6.13. The van der Waals surface area contributed by atoms with Gasteiger partial charge in [0, 0.05) is 17.3 Å². The molecule has 0 unspecified atom stereocenters. The summed E-state index contributed by atoms with van der Waals surface area (Å²) < 4.78 is 11.6. The highest BCUT2D eigenvalue weighted by Gasteiger charge is 2.13. The maximum Gasteiger partial charge on any atom is 0.256 e. The Morgan fingerprint density at radius 2 is 1.39 bits per heavy atom. The summed E-state index contributed by atoms with van der Waals surface area (Å²) in [5.41, 5.74) is 2.35. The van der Waals surface area contributed by atoms with E-state index < -0.39 is 0 Å². The maximum absolute atomic E-state index is 13.0. The molecule has 1 N–H and O–H groups in total. The van der Waals surface area contributed by atoms with E-state index in [2.05, 4.69) is 29.6 Å². The fourth-order valence-corrected chi connectivity index (χ4v) is 4.06. The van der Waals surface area contributed by atoms with Gasteiger partial charge in [-0.3, -0.25) is 4.79 Å². The fourth-order valence-electron chi connectivity index (χ4n) is 4.06. The van der Waals surface area contributed by atoms with Gasteiger partial charge in [-0.25, -0.2) is 0 Å². The van der Waals surface area contributed by atoms with Crippen molar-refractivity contribution in [1.82, 2.24) is 0 Å². The van der Waals surface area contributed by atoms with Crippen molar-refractivity contribution in [3.05, 3.63) is 114 Å². The summed E-state index contributed by atoms with van der Waals surface area (Å²) >= 11 is 0. The monoisotopic (exact) mass is 433 g/mol. The van der Waals surface area contributed by atoms with Crippen molar-refractivity contribution in [1.29, 1.82) is 0 Å². The number of benzene rings is 5. The number of amides is 1. The van der Waals surface area contributed by atoms with E-state index in [9.17, 15) is 4.79 Å². The normalized spacial score (nSPS) is 10.8. The molecule has 5 aromatic carbocycles. The molecule has 4 nitrogen and oxygen atoms in total. The molecule has 0 aliphatic rings. The third-order valence-corrected chi connectivity index (χ3v) is 5.72. The SMILES string of the molecule is COc1ccc(NC(=O)c2cccc3ccccc23)cc1OCc1cccc2ccccc12. The van der Waals surface area contributed by atoms with Crippen LogP contribution in [0.5, 0.6) is 11.5 Å². The number of hydrogen-bond donors (Lipinski definition) is 1. The standard InChI is InChI=1S/C29H23NO3/c1-32-27-17-16-23(30-29(31)26-15-7-11-21-9-3-5-14-25(21)26)18-28(27)33-19-22-12-6-10-20-8-2-4-13-24(20)22/h2-18H,19H2,1H3,(H,30,31). The Morgan fingerprint density at radius 3 is 2.18 bits per heavy atom. The van der Waals surface area contributed by atoms with Crippen molar-refractivity contribution in [2.45, 2.75) is 6.61 Å². The first kappa shape index (κ1) is 20.6. The van der Waals surface area contributed by atoms with E-state index in [-0.39, 0.29) is 5.91 Å². The van der Waals surface area contributed by atoms with Crippen LogP contribution in [0.25, 0.3) is 21.5 Å². The molecule has 4 heteroatoms. The first-order chi connectivity index (χ1) is 16.2. The Labute approximate surface area is 192 Å². The van der Waals surface area contributed by atoms with Crippen LogP contribution in [0.15, 0.2) is 103 Å². The zero-order valence-electron chi connectivity index (χ0n) is 18.2. The molecule has 0 aliphatic heterocycles. The summed E-state index contributed by atoms with van der Waals surface area (Å²) in [5, 5.41) is 7.26. The van der Waals surface area contributed by atoms with E-state index in [1.54, 1.807) is 19.2 Å². The van der Waals surface area contributed by atoms with Gasteiger partial charge in [-0.2, -0.15) is 0 Å². The highest BCUT2D eigenvalue weighted by atomic mass is 16.5. The minimum atomic E-state index is -0.169. The zero-order chi connectivity index (χ0) is 22.6. The number of rotatable bonds is 6. The van der Waals surface area contributed by atoms with Crippen molar-refractivity contribution in [3.63, 3.8) is 0 Å². The lowest BCUT2D eigenvalue weighted by molar-refractivity contribution is 0.102. The molecule has 0 radical (unpaired) electrons. The summed E-state index contributed by atoms with van der Waals surface area (Å²) in [5.74, 6) is 1.01. The third-order valence-electron chi connectivity index (χ3n) is 5.72. The van der Waals surface area contributed by atoms with E-state index in [0.29, 0.717) is 29.4 Å². The van der Waals surface area contributed by atoms with Crippen LogP contribution in [-0.2, 0) is 6.61 Å². The van der Waals surface area contributed by atoms with Gasteiger partial charge in [0.2, 0.25) is 0 Å². The fraction of sp³-hybridized carbons (Fsp3) is 0.0690. The van der Waals surface area contributed by atoms with Crippen molar-refractivity contribution in [2.75, 3.05) is 12.4 Å². The molecule has 0 atom stereocenters. The smallest absolute Gasteiger partial charge is 0.256 e. The summed E-state index contributed by atoms with van der Waals surface area (Å²) in [6.45, 7) is 0.387. The Hall–Kier alpha value is -4.31. The average Bonchev–Trinajstić information content (AvgIpc) is 2.87. The number of ether oxygens (including phenoxy) is 2. The molecule has 0 aromatic heterocycles. The van der Waals surface area contributed by atoms with E-state index in [1.165, 1.54) is 5.39 Å². The van der Waals surface area contributed by atoms with Crippen molar-refractivity contribution in [2.24, 2.45) is 0 Å². The number of anilines is 1. The van der Waals surface area contributed by atoms with Crippen LogP contribution in [0, 0.1) is 0 Å². The average molecular weight is 434 g/mol. The predicted molar refractivity (Wildman–Crippen MR) is 133 cm³/mol. The molecule has 33 heavy (non-hydrogen) atoms. The van der Waals surface area contributed by atoms with Crippen LogP contribution >= 0.6 is 0 Å². The second-order valence-electron chi connectivity index (χ2n) is 7.77. The molecule has 0 saturated carbocycles. The maximum atomic E-state index is 13.0. The van der Waals surface area contributed by atoms with Gasteiger partial charge in [0.05, 0.1) is 7.11 Å². The highest BCUT2D eigenvalue weighted by Crippen LogP contribution is 2.32. The Balaban J connectivity index is 1.39. The first-order valence-electron chi connectivity index (χ1n) is 10.8. The van der Waals surface area contributed by atoms with Crippen LogP contribution in [0.4, 0.5) is 5.69 Å². The summed E-state index contributed by atoms with van der Waals surface area (Å²) in [6, 6.07) is 33.4. The Kier molecular flexibility index (Phi) is 5.64. The van der Waals surface area contributed by atoms with Gasteiger partial charge in [-0.1, -0.05) is 78.9 Å². The van der Waals surface area contributed by atoms with Crippen LogP contribution in [0.1, 0.15) is 15.9 Å². The van der Waals surface area contributed by atoms with Crippen LogP contribution in [-0.4, -0.2) is 13.0 Å². The minimum Gasteiger partial charge on any atom is -0.493 e. The van der Waals surface area contributed by atoms with Crippen LogP contribution in [0.2, 0.25) is 0 Å². The lowest BCUT2D eigenvalue weighted by Gasteiger charge is -2.14. The topological polar surface area (TPSA) is 47.6 Å².